The summed E-state index contributed by atoms with van der Waals surface area (Å²) in [5.74, 6) is -1.97. The number of amides is 1. The molecule has 0 radical (unpaired) electrons. The van der Waals surface area contributed by atoms with Crippen LogP contribution in [-0.4, -0.2) is 32.1 Å². The van der Waals surface area contributed by atoms with E-state index in [0.717, 1.165) is 18.2 Å². The van der Waals surface area contributed by atoms with Gasteiger partial charge in [-0.3, -0.25) is 20.0 Å². The normalized spacial score (nSPS) is 10.1. The molecule has 2 rings (SSSR count). The Kier molecular flexibility index (Phi) is 3.65. The molecule has 0 atom stereocenters. The molecule has 108 valence electrons. The second-order valence-electron chi connectivity index (χ2n) is 4.18. The lowest BCUT2D eigenvalue weighted by Crippen LogP contribution is -2.15. The van der Waals surface area contributed by atoms with Gasteiger partial charge < -0.3 is 10.4 Å². The molecule has 0 unspecified atom stereocenters. The number of carboxylic acid groups (broad SMARTS) is 1. The Balaban J connectivity index is 2.37. The Morgan fingerprint density at radius 2 is 2.10 bits per heavy atom. The summed E-state index contributed by atoms with van der Waals surface area (Å²) >= 11 is 0. The predicted molar refractivity (Wildman–Crippen MR) is 71.3 cm³/mol. The number of aryl methyl sites for hydroxylation is 1. The van der Waals surface area contributed by atoms with Crippen molar-refractivity contribution in [2.75, 3.05) is 5.32 Å². The minimum atomic E-state index is -1.31. The van der Waals surface area contributed by atoms with E-state index < -0.39 is 16.8 Å². The number of aromatic carboxylic acids is 1. The maximum Gasteiger partial charge on any atom is 0.337 e. The molecule has 9 nitrogen and oxygen atoms in total. The summed E-state index contributed by atoms with van der Waals surface area (Å²) < 4.78 is 0. The third-order valence-corrected chi connectivity index (χ3v) is 2.63. The van der Waals surface area contributed by atoms with Crippen LogP contribution in [0.25, 0.3) is 0 Å². The first-order valence-corrected chi connectivity index (χ1v) is 5.73. The molecule has 0 bridgehead atoms. The van der Waals surface area contributed by atoms with Gasteiger partial charge in [0.2, 0.25) is 0 Å². The molecule has 1 heterocycles. The van der Waals surface area contributed by atoms with E-state index in [4.69, 9.17) is 5.11 Å². The van der Waals surface area contributed by atoms with Gasteiger partial charge in [0.05, 0.1) is 16.2 Å². The molecule has 0 aliphatic heterocycles. The molecule has 0 spiro atoms. The Labute approximate surface area is 117 Å². The van der Waals surface area contributed by atoms with Crippen LogP contribution in [0.2, 0.25) is 0 Å². The van der Waals surface area contributed by atoms with Gasteiger partial charge in [0.25, 0.3) is 11.6 Å². The SMILES string of the molecule is Cc1cc(C(=O)Nc2cc([N+](=O)[O-])ccc2C(=O)O)n[nH]1. The van der Waals surface area contributed by atoms with Gasteiger partial charge >= 0.3 is 5.97 Å². The number of hydrogen-bond acceptors (Lipinski definition) is 5. The van der Waals surface area contributed by atoms with Gasteiger partial charge in [0.1, 0.15) is 0 Å². The summed E-state index contributed by atoms with van der Waals surface area (Å²) in [6, 6.07) is 4.57. The molecular weight excluding hydrogens is 280 g/mol. The third kappa shape index (κ3) is 3.03. The largest absolute Gasteiger partial charge is 0.478 e. The quantitative estimate of drug-likeness (QED) is 0.577. The summed E-state index contributed by atoms with van der Waals surface area (Å²) in [6.07, 6.45) is 0. The predicted octanol–water partition coefficient (Wildman–Crippen LogP) is 1.58. The number of carbonyl (C=O) groups is 2. The molecular formula is C12H10N4O5. The fourth-order valence-corrected chi connectivity index (χ4v) is 1.66. The number of aromatic nitrogens is 2. The highest BCUT2D eigenvalue weighted by atomic mass is 16.6. The van der Waals surface area contributed by atoms with E-state index in [2.05, 4.69) is 15.5 Å². The number of H-pyrrole nitrogens is 1. The van der Waals surface area contributed by atoms with E-state index in [9.17, 15) is 19.7 Å². The number of nitrogens with one attached hydrogen (secondary N) is 2. The van der Waals surface area contributed by atoms with E-state index in [1.807, 2.05) is 0 Å². The number of nitro groups is 1. The third-order valence-electron chi connectivity index (χ3n) is 2.63. The fraction of sp³-hybridized carbons (Fsp3) is 0.0833. The molecule has 0 aliphatic rings. The average Bonchev–Trinajstić information content (AvgIpc) is 2.85. The molecule has 0 aliphatic carbocycles. The minimum absolute atomic E-state index is 0.0512. The van der Waals surface area contributed by atoms with Crippen LogP contribution >= 0.6 is 0 Å². The smallest absolute Gasteiger partial charge is 0.337 e. The highest BCUT2D eigenvalue weighted by Gasteiger charge is 2.18. The van der Waals surface area contributed by atoms with Crippen LogP contribution in [0.1, 0.15) is 26.5 Å². The molecule has 1 amide bonds. The summed E-state index contributed by atoms with van der Waals surface area (Å²) in [5, 5.41) is 28.4. The second-order valence-corrected chi connectivity index (χ2v) is 4.18. The molecule has 2 aromatic rings. The molecule has 0 fully saturated rings. The van der Waals surface area contributed by atoms with Gasteiger partial charge in [-0.05, 0) is 19.1 Å². The summed E-state index contributed by atoms with van der Waals surface area (Å²) in [5.41, 5.74) is -0.0370. The first-order valence-electron chi connectivity index (χ1n) is 5.73. The Morgan fingerprint density at radius 1 is 1.38 bits per heavy atom. The number of carbonyl (C=O) groups excluding carboxylic acids is 1. The minimum Gasteiger partial charge on any atom is -0.478 e. The molecule has 21 heavy (non-hydrogen) atoms. The van der Waals surface area contributed by atoms with Crippen molar-refractivity contribution in [3.63, 3.8) is 0 Å². The van der Waals surface area contributed by atoms with E-state index in [0.29, 0.717) is 5.69 Å². The molecule has 0 saturated heterocycles. The average molecular weight is 290 g/mol. The number of non-ortho nitro benzene ring substituents is 1. The van der Waals surface area contributed by atoms with Crippen LogP contribution in [-0.2, 0) is 0 Å². The topological polar surface area (TPSA) is 138 Å². The van der Waals surface area contributed by atoms with Crippen molar-refractivity contribution in [3.05, 3.63) is 51.3 Å². The van der Waals surface area contributed by atoms with Crippen molar-refractivity contribution in [2.24, 2.45) is 0 Å². The fourth-order valence-electron chi connectivity index (χ4n) is 1.66. The van der Waals surface area contributed by atoms with Gasteiger partial charge in [-0.2, -0.15) is 5.10 Å². The zero-order valence-electron chi connectivity index (χ0n) is 10.8. The number of rotatable bonds is 4. The molecule has 0 saturated carbocycles. The highest BCUT2D eigenvalue weighted by molar-refractivity contribution is 6.07. The molecule has 9 heteroatoms. The molecule has 3 N–H and O–H groups in total. The van der Waals surface area contributed by atoms with Gasteiger partial charge in [0, 0.05) is 17.8 Å². The van der Waals surface area contributed by atoms with Crippen LogP contribution in [0.15, 0.2) is 24.3 Å². The number of carboxylic acids is 1. The summed E-state index contributed by atoms with van der Waals surface area (Å²) in [4.78, 5) is 33.0. The Bertz CT molecular complexity index is 737. The van der Waals surface area contributed by atoms with Gasteiger partial charge in [-0.25, -0.2) is 4.79 Å². The number of aromatic amines is 1. The van der Waals surface area contributed by atoms with Gasteiger partial charge in [-0.1, -0.05) is 0 Å². The van der Waals surface area contributed by atoms with E-state index >= 15 is 0 Å². The zero-order chi connectivity index (χ0) is 15.6. The van der Waals surface area contributed by atoms with E-state index in [1.54, 1.807) is 6.92 Å². The van der Waals surface area contributed by atoms with Crippen molar-refractivity contribution < 1.29 is 19.6 Å². The Hall–Kier alpha value is -3.23. The lowest BCUT2D eigenvalue weighted by atomic mass is 10.1. The monoisotopic (exact) mass is 290 g/mol. The maximum absolute atomic E-state index is 11.9. The maximum atomic E-state index is 11.9. The Morgan fingerprint density at radius 3 is 2.62 bits per heavy atom. The number of nitrogens with zero attached hydrogens (tertiary/aromatic N) is 2. The first-order chi connectivity index (χ1) is 9.88. The van der Waals surface area contributed by atoms with E-state index in [1.165, 1.54) is 6.07 Å². The lowest BCUT2D eigenvalue weighted by Gasteiger charge is -2.07. The van der Waals surface area contributed by atoms with Gasteiger partial charge in [0.15, 0.2) is 5.69 Å². The van der Waals surface area contributed by atoms with Crippen molar-refractivity contribution in [3.8, 4) is 0 Å². The number of nitro benzene ring substituents is 1. The zero-order valence-corrected chi connectivity index (χ0v) is 10.8. The van der Waals surface area contributed by atoms with E-state index in [-0.39, 0.29) is 22.6 Å². The lowest BCUT2D eigenvalue weighted by molar-refractivity contribution is -0.384. The van der Waals surface area contributed by atoms with Crippen LogP contribution < -0.4 is 5.32 Å². The summed E-state index contributed by atoms with van der Waals surface area (Å²) in [6.45, 7) is 1.69. The van der Waals surface area contributed by atoms with Crippen LogP contribution in [0.4, 0.5) is 11.4 Å². The number of benzene rings is 1. The first kappa shape index (κ1) is 14.2. The molecule has 1 aromatic carbocycles. The highest BCUT2D eigenvalue weighted by Crippen LogP contribution is 2.23. The van der Waals surface area contributed by atoms with Crippen LogP contribution in [0.5, 0.6) is 0 Å². The van der Waals surface area contributed by atoms with Gasteiger partial charge in [-0.15, -0.1) is 0 Å². The second kappa shape index (κ2) is 5.41. The van der Waals surface area contributed by atoms with Crippen molar-refractivity contribution in [1.29, 1.82) is 0 Å². The standard InChI is InChI=1S/C12H10N4O5/c1-6-4-10(15-14-6)11(17)13-9-5-7(16(20)21)2-3-8(9)12(18)19/h2-5H,1H3,(H,13,17)(H,14,15)(H,18,19). The van der Waals surface area contributed by atoms with Crippen molar-refractivity contribution in [1.82, 2.24) is 10.2 Å². The van der Waals surface area contributed by atoms with Crippen LogP contribution in [0, 0.1) is 17.0 Å². The van der Waals surface area contributed by atoms with Crippen molar-refractivity contribution >= 4 is 23.3 Å². The van der Waals surface area contributed by atoms with Crippen LogP contribution in [0.3, 0.4) is 0 Å². The summed E-state index contributed by atoms with van der Waals surface area (Å²) in [7, 11) is 0. The van der Waals surface area contributed by atoms with Crippen molar-refractivity contribution in [2.45, 2.75) is 6.92 Å². The number of hydrogen-bond donors (Lipinski definition) is 3. The molecule has 1 aromatic heterocycles. The number of anilines is 1.